The lowest BCUT2D eigenvalue weighted by atomic mass is 9.43. The van der Waals surface area contributed by atoms with Crippen LogP contribution in [0.25, 0.3) is 0 Å². The van der Waals surface area contributed by atoms with Gasteiger partial charge in [0.1, 0.15) is 5.60 Å². The molecule has 164 valence electrons. The van der Waals surface area contributed by atoms with Crippen LogP contribution >= 0.6 is 0 Å². The van der Waals surface area contributed by atoms with Gasteiger partial charge in [-0.05, 0) is 67.8 Å². The fourth-order valence-corrected chi connectivity index (χ4v) is 8.35. The molecule has 0 bridgehead atoms. The van der Waals surface area contributed by atoms with Crippen molar-refractivity contribution in [1.29, 1.82) is 0 Å². The number of carbonyl (C=O) groups is 3. The Bertz CT molecular complexity index is 847. The fraction of sp³-hybridized carbons (Fsp3) is 0.792. The van der Waals surface area contributed by atoms with Crippen LogP contribution < -0.4 is 0 Å². The fourth-order valence-electron chi connectivity index (χ4n) is 8.35. The number of aliphatic hydroxyl groups excluding tert-OH is 1. The minimum atomic E-state index is -0.611. The zero-order chi connectivity index (χ0) is 21.5. The van der Waals surface area contributed by atoms with Crippen molar-refractivity contribution in [1.82, 2.24) is 0 Å². The summed E-state index contributed by atoms with van der Waals surface area (Å²) in [6.07, 6.45) is 6.21. The molecule has 3 saturated carbocycles. The molecule has 0 aromatic rings. The first-order chi connectivity index (χ1) is 14.1. The molecule has 0 unspecified atom stereocenters. The Morgan fingerprint density at radius 3 is 2.63 bits per heavy atom. The molecule has 1 spiro atoms. The lowest BCUT2D eigenvalue weighted by Gasteiger charge is -2.62. The Labute approximate surface area is 177 Å². The highest BCUT2D eigenvalue weighted by Crippen LogP contribution is 2.70. The molecular formula is C24H32O6. The minimum absolute atomic E-state index is 0.0415. The molecule has 1 heterocycles. The van der Waals surface area contributed by atoms with Crippen LogP contribution in [0.3, 0.4) is 0 Å². The van der Waals surface area contributed by atoms with Crippen LogP contribution in [0.4, 0.5) is 0 Å². The first-order valence-corrected chi connectivity index (χ1v) is 11.4. The van der Waals surface area contributed by atoms with Crippen LogP contribution in [-0.2, 0) is 23.9 Å². The second-order valence-electron chi connectivity index (χ2n) is 10.8. The van der Waals surface area contributed by atoms with Crippen molar-refractivity contribution < 1.29 is 29.0 Å². The van der Waals surface area contributed by atoms with E-state index in [0.717, 1.165) is 18.4 Å². The van der Waals surface area contributed by atoms with Crippen molar-refractivity contribution in [2.45, 2.75) is 76.9 Å². The van der Waals surface area contributed by atoms with Crippen molar-refractivity contribution in [3.05, 3.63) is 11.6 Å². The van der Waals surface area contributed by atoms with E-state index in [0.29, 0.717) is 38.5 Å². The number of esters is 2. The topological polar surface area (TPSA) is 89.9 Å². The van der Waals surface area contributed by atoms with E-state index in [1.807, 2.05) is 0 Å². The molecule has 4 aliphatic carbocycles. The van der Waals surface area contributed by atoms with E-state index in [1.54, 1.807) is 6.08 Å². The third kappa shape index (κ3) is 2.43. The van der Waals surface area contributed by atoms with Crippen LogP contribution in [0, 0.1) is 34.5 Å². The second-order valence-corrected chi connectivity index (χ2v) is 10.8. The van der Waals surface area contributed by atoms with E-state index in [2.05, 4.69) is 13.8 Å². The average Bonchev–Trinajstić information content (AvgIpc) is 3.21. The van der Waals surface area contributed by atoms with Gasteiger partial charge in [-0.2, -0.15) is 0 Å². The van der Waals surface area contributed by atoms with Crippen LogP contribution in [-0.4, -0.2) is 41.6 Å². The molecule has 4 fully saturated rings. The lowest BCUT2D eigenvalue weighted by Crippen LogP contribution is -2.62. The quantitative estimate of drug-likeness (QED) is 0.661. The van der Waals surface area contributed by atoms with Gasteiger partial charge in [-0.1, -0.05) is 19.4 Å². The summed E-state index contributed by atoms with van der Waals surface area (Å²) in [6, 6.07) is 0. The molecule has 30 heavy (non-hydrogen) atoms. The Kier molecular flexibility index (Phi) is 4.32. The van der Waals surface area contributed by atoms with Gasteiger partial charge >= 0.3 is 11.9 Å². The van der Waals surface area contributed by atoms with Gasteiger partial charge in [0.05, 0.1) is 19.1 Å². The molecule has 5 rings (SSSR count). The van der Waals surface area contributed by atoms with Crippen LogP contribution in [0.5, 0.6) is 0 Å². The highest BCUT2D eigenvalue weighted by molar-refractivity contribution is 5.92. The molecule has 1 aliphatic heterocycles. The van der Waals surface area contributed by atoms with Crippen molar-refractivity contribution >= 4 is 17.7 Å². The van der Waals surface area contributed by atoms with Gasteiger partial charge in [-0.3, -0.25) is 14.4 Å². The van der Waals surface area contributed by atoms with E-state index in [9.17, 15) is 19.5 Å². The van der Waals surface area contributed by atoms with Gasteiger partial charge in [-0.15, -0.1) is 0 Å². The zero-order valence-corrected chi connectivity index (χ0v) is 18.1. The van der Waals surface area contributed by atoms with E-state index in [1.165, 1.54) is 7.11 Å². The third-order valence-electron chi connectivity index (χ3n) is 9.79. The third-order valence-corrected chi connectivity index (χ3v) is 9.79. The number of aliphatic hydroxyl groups is 1. The van der Waals surface area contributed by atoms with Crippen LogP contribution in [0.2, 0.25) is 0 Å². The number of carbonyl (C=O) groups excluding carboxylic acids is 3. The molecule has 5 aliphatic rings. The van der Waals surface area contributed by atoms with Crippen molar-refractivity contribution in [2.75, 3.05) is 7.11 Å². The van der Waals surface area contributed by atoms with Gasteiger partial charge in [0.15, 0.2) is 5.78 Å². The number of rotatable bonds is 1. The molecular weight excluding hydrogens is 384 g/mol. The Hall–Kier alpha value is -1.69. The summed E-state index contributed by atoms with van der Waals surface area (Å²) in [5.41, 5.74) is -0.168. The highest BCUT2D eigenvalue weighted by Gasteiger charge is 2.71. The maximum atomic E-state index is 12.9. The number of hydrogen-bond donors (Lipinski definition) is 1. The van der Waals surface area contributed by atoms with Gasteiger partial charge in [-0.25, -0.2) is 0 Å². The van der Waals surface area contributed by atoms with Gasteiger partial charge < -0.3 is 14.6 Å². The molecule has 0 amide bonds. The highest BCUT2D eigenvalue weighted by atomic mass is 16.6. The molecule has 0 aromatic carbocycles. The number of hydrogen-bond acceptors (Lipinski definition) is 6. The largest absolute Gasteiger partial charge is 0.469 e. The van der Waals surface area contributed by atoms with Gasteiger partial charge in [0, 0.05) is 18.3 Å². The van der Waals surface area contributed by atoms with Crippen LogP contribution in [0.1, 0.15) is 65.2 Å². The number of ketones is 1. The average molecular weight is 417 g/mol. The monoisotopic (exact) mass is 416 g/mol. The number of ether oxygens (including phenoxy) is 2. The van der Waals surface area contributed by atoms with Crippen LogP contribution in [0.15, 0.2) is 11.6 Å². The Balaban J connectivity index is 1.62. The molecule has 1 N–H and O–H groups in total. The van der Waals surface area contributed by atoms with Crippen molar-refractivity contribution in [3.63, 3.8) is 0 Å². The first kappa shape index (κ1) is 20.2. The summed E-state index contributed by atoms with van der Waals surface area (Å²) in [4.78, 5) is 37.2. The predicted octanol–water partition coefficient (Wildman–Crippen LogP) is 2.96. The van der Waals surface area contributed by atoms with Crippen molar-refractivity contribution in [2.24, 2.45) is 34.5 Å². The Morgan fingerprint density at radius 1 is 1.20 bits per heavy atom. The van der Waals surface area contributed by atoms with E-state index >= 15 is 0 Å². The smallest absolute Gasteiger partial charge is 0.309 e. The molecule has 0 aromatic heterocycles. The lowest BCUT2D eigenvalue weighted by molar-refractivity contribution is -0.197. The number of fused-ring (bicyclic) bond motifs is 6. The molecule has 6 nitrogen and oxygen atoms in total. The molecule has 1 saturated heterocycles. The summed E-state index contributed by atoms with van der Waals surface area (Å²) in [7, 11) is 1.42. The van der Waals surface area contributed by atoms with Gasteiger partial charge in [0.2, 0.25) is 0 Å². The summed E-state index contributed by atoms with van der Waals surface area (Å²) in [5.74, 6) is -0.636. The van der Waals surface area contributed by atoms with E-state index in [-0.39, 0.29) is 52.2 Å². The summed E-state index contributed by atoms with van der Waals surface area (Å²) in [5, 5.41) is 11.6. The maximum absolute atomic E-state index is 12.9. The molecule has 0 radical (unpaired) electrons. The summed E-state index contributed by atoms with van der Waals surface area (Å²) in [6.45, 7) is 4.33. The maximum Gasteiger partial charge on any atom is 0.309 e. The first-order valence-electron chi connectivity index (χ1n) is 11.4. The summed E-state index contributed by atoms with van der Waals surface area (Å²) >= 11 is 0. The Morgan fingerprint density at radius 2 is 1.97 bits per heavy atom. The zero-order valence-electron chi connectivity index (χ0n) is 18.1. The van der Waals surface area contributed by atoms with Crippen molar-refractivity contribution in [3.8, 4) is 0 Å². The molecule has 6 heteroatoms. The predicted molar refractivity (Wildman–Crippen MR) is 107 cm³/mol. The number of methoxy groups -OCH3 is 1. The van der Waals surface area contributed by atoms with E-state index < -0.39 is 11.7 Å². The standard InChI is InChI=1S/C24H32O6/c1-22-7-4-14(25)10-13(22)11-15(21(28)29-3)19-16-5-8-24(9-6-18(27)30-24)23(16,2)12-17(26)20(19)22/h10,15-17,19-20,26H,4-9,11-12H2,1-3H3/t15-,16+,17-,19+,20+,22+,23+,24-/m1/s1. The molecule has 8 atom stereocenters. The number of allylic oxidation sites excluding steroid dienone is 1. The summed E-state index contributed by atoms with van der Waals surface area (Å²) < 4.78 is 11.2. The second kappa shape index (κ2) is 6.41. The van der Waals surface area contributed by atoms with Gasteiger partial charge in [0.25, 0.3) is 0 Å². The SMILES string of the molecule is COC(=O)[C@@H]1CC2=CC(=O)CC[C@]2(C)[C@@H]2[C@@H]1[C@@H]1CC[C@@]3(CCC(=O)O3)[C@@]1(C)C[C@H]2O. The van der Waals surface area contributed by atoms with E-state index in [4.69, 9.17) is 9.47 Å². The normalized spacial score (nSPS) is 49.7. The minimum Gasteiger partial charge on any atom is -0.469 e.